The highest BCUT2D eigenvalue weighted by Gasteiger charge is 2.13. The van der Waals surface area contributed by atoms with Gasteiger partial charge in [0.15, 0.2) is 0 Å². The Bertz CT molecular complexity index is 305. The first-order valence-corrected chi connectivity index (χ1v) is 4.02. The molecule has 0 aromatic carbocycles. The van der Waals surface area contributed by atoms with E-state index in [-0.39, 0.29) is 5.69 Å². The maximum atomic E-state index is 10.3. The molecular weight excluding hydrogens is 282 g/mol. The highest BCUT2D eigenvalue weighted by Crippen LogP contribution is 2.25. The fraction of sp³-hybridized carbons (Fsp3) is 0. The highest BCUT2D eigenvalue weighted by atomic mass is 127. The number of nitro groups is 1. The third kappa shape index (κ3) is 1.78. The first kappa shape index (κ1) is 8.66. The second-order valence-electron chi connectivity index (χ2n) is 1.71. The molecule has 0 bridgehead atoms. The molecule has 0 aliphatic carbocycles. The lowest BCUT2D eigenvalue weighted by molar-refractivity contribution is -0.386. The number of hydrogen-bond acceptors (Lipinski definition) is 3. The normalized spacial score (nSPS) is 9.64. The van der Waals surface area contributed by atoms with E-state index in [9.17, 15) is 10.1 Å². The van der Waals surface area contributed by atoms with Crippen molar-refractivity contribution in [1.82, 2.24) is 4.98 Å². The molecule has 0 aliphatic heterocycles. The molecule has 0 aliphatic rings. The van der Waals surface area contributed by atoms with Crippen LogP contribution in [0.3, 0.4) is 0 Å². The Morgan fingerprint density at radius 1 is 1.64 bits per heavy atom. The third-order valence-corrected chi connectivity index (χ3v) is 2.76. The zero-order valence-corrected chi connectivity index (χ0v) is 8.03. The van der Waals surface area contributed by atoms with Crippen LogP contribution in [0.2, 0.25) is 5.02 Å². The molecule has 4 nitrogen and oxygen atoms in total. The Kier molecular flexibility index (Phi) is 2.61. The molecule has 0 amide bonds. The molecule has 0 atom stereocenters. The Labute approximate surface area is 80.9 Å². The molecule has 1 rings (SSSR count). The summed E-state index contributed by atoms with van der Waals surface area (Å²) in [7, 11) is 0. The van der Waals surface area contributed by atoms with Crippen molar-refractivity contribution < 1.29 is 4.92 Å². The summed E-state index contributed by atoms with van der Waals surface area (Å²) in [5.41, 5.74) is -0.0573. The molecule has 58 valence electrons. The van der Waals surface area contributed by atoms with Gasteiger partial charge in [0.05, 0.1) is 9.95 Å². The molecule has 0 saturated carbocycles. The van der Waals surface area contributed by atoms with E-state index in [0.717, 1.165) is 0 Å². The predicted molar refractivity (Wildman–Crippen MR) is 48.6 cm³/mol. The summed E-state index contributed by atoms with van der Waals surface area (Å²) in [6.45, 7) is 0. The van der Waals surface area contributed by atoms with Gasteiger partial charge in [0, 0.05) is 6.20 Å². The van der Waals surface area contributed by atoms with Gasteiger partial charge in [-0.25, -0.2) is 0 Å². The van der Waals surface area contributed by atoms with E-state index in [4.69, 9.17) is 11.6 Å². The standard InChI is InChI=1S/C5H2ClIN2O2/c6-3-1-8-2-4(5(3)7)9(10)11/h1-2H. The molecule has 0 N–H and O–H groups in total. The summed E-state index contributed by atoms with van der Waals surface area (Å²) >= 11 is 7.39. The molecule has 1 heterocycles. The number of halogens is 2. The summed E-state index contributed by atoms with van der Waals surface area (Å²) in [6, 6.07) is 0. The second kappa shape index (κ2) is 3.31. The molecule has 1 aromatic heterocycles. The number of nitrogens with zero attached hydrogens (tertiary/aromatic N) is 2. The predicted octanol–water partition coefficient (Wildman–Crippen LogP) is 2.25. The van der Waals surface area contributed by atoms with E-state index >= 15 is 0 Å². The van der Waals surface area contributed by atoms with Crippen LogP contribution in [-0.4, -0.2) is 9.91 Å². The van der Waals surface area contributed by atoms with Crippen molar-refractivity contribution in [1.29, 1.82) is 0 Å². The lowest BCUT2D eigenvalue weighted by Gasteiger charge is -1.94. The van der Waals surface area contributed by atoms with Crippen molar-refractivity contribution in [2.75, 3.05) is 0 Å². The van der Waals surface area contributed by atoms with Gasteiger partial charge in [0.2, 0.25) is 0 Å². The van der Waals surface area contributed by atoms with Gasteiger partial charge in [0.1, 0.15) is 9.77 Å². The zero-order chi connectivity index (χ0) is 8.43. The van der Waals surface area contributed by atoms with Gasteiger partial charge in [-0.2, -0.15) is 0 Å². The van der Waals surface area contributed by atoms with Gasteiger partial charge in [-0.3, -0.25) is 15.1 Å². The average Bonchev–Trinajstić information content (AvgIpc) is 1.94. The smallest absolute Gasteiger partial charge is 0.258 e. The van der Waals surface area contributed by atoms with Crippen molar-refractivity contribution >= 4 is 39.9 Å². The molecule has 0 saturated heterocycles. The van der Waals surface area contributed by atoms with Crippen LogP contribution in [0.25, 0.3) is 0 Å². The van der Waals surface area contributed by atoms with Crippen molar-refractivity contribution in [2.24, 2.45) is 0 Å². The van der Waals surface area contributed by atoms with Gasteiger partial charge in [-0.05, 0) is 22.6 Å². The van der Waals surface area contributed by atoms with E-state index in [2.05, 4.69) is 4.98 Å². The average molecular weight is 284 g/mol. The van der Waals surface area contributed by atoms with Crippen LogP contribution in [-0.2, 0) is 0 Å². The maximum Gasteiger partial charge on any atom is 0.302 e. The van der Waals surface area contributed by atoms with E-state index in [1.165, 1.54) is 12.4 Å². The summed E-state index contributed by atoms with van der Waals surface area (Å²) in [5.74, 6) is 0. The minimum atomic E-state index is -0.513. The maximum absolute atomic E-state index is 10.3. The molecule has 0 radical (unpaired) electrons. The van der Waals surface area contributed by atoms with Crippen LogP contribution in [0.4, 0.5) is 5.69 Å². The van der Waals surface area contributed by atoms with Gasteiger partial charge in [0.25, 0.3) is 0 Å². The van der Waals surface area contributed by atoms with Crippen LogP contribution in [0.15, 0.2) is 12.4 Å². The molecule has 6 heteroatoms. The summed E-state index contributed by atoms with van der Waals surface area (Å²) in [4.78, 5) is 13.4. The number of hydrogen-bond donors (Lipinski definition) is 0. The van der Waals surface area contributed by atoms with Gasteiger partial charge in [-0.15, -0.1) is 0 Å². The Hall–Kier alpha value is -0.430. The Balaban J connectivity index is 3.27. The van der Waals surface area contributed by atoms with Crippen molar-refractivity contribution in [3.8, 4) is 0 Å². The van der Waals surface area contributed by atoms with Gasteiger partial charge in [-0.1, -0.05) is 11.6 Å². The van der Waals surface area contributed by atoms with Crippen LogP contribution in [0.1, 0.15) is 0 Å². The topological polar surface area (TPSA) is 56.0 Å². The monoisotopic (exact) mass is 284 g/mol. The lowest BCUT2D eigenvalue weighted by atomic mass is 10.4. The second-order valence-corrected chi connectivity index (χ2v) is 3.20. The van der Waals surface area contributed by atoms with Crippen LogP contribution in [0, 0.1) is 13.7 Å². The molecule has 0 unspecified atom stereocenters. The summed E-state index contributed by atoms with van der Waals surface area (Å²) < 4.78 is 0.421. The van der Waals surface area contributed by atoms with Crippen molar-refractivity contribution in [2.45, 2.75) is 0 Å². The SMILES string of the molecule is O=[N+]([O-])c1cncc(Cl)c1I. The summed E-state index contributed by atoms with van der Waals surface area (Å²) in [6.07, 6.45) is 2.55. The lowest BCUT2D eigenvalue weighted by Crippen LogP contribution is -1.92. The van der Waals surface area contributed by atoms with Crippen molar-refractivity contribution in [3.05, 3.63) is 31.1 Å². The number of rotatable bonds is 1. The number of aromatic nitrogens is 1. The van der Waals surface area contributed by atoms with Crippen LogP contribution in [0.5, 0.6) is 0 Å². The fourth-order valence-electron chi connectivity index (χ4n) is 0.536. The first-order chi connectivity index (χ1) is 5.13. The highest BCUT2D eigenvalue weighted by molar-refractivity contribution is 14.1. The summed E-state index contributed by atoms with van der Waals surface area (Å²) in [5, 5.41) is 10.6. The number of pyridine rings is 1. The third-order valence-electron chi connectivity index (χ3n) is 1.02. The van der Waals surface area contributed by atoms with Gasteiger partial charge < -0.3 is 0 Å². The molecule has 1 aromatic rings. The zero-order valence-electron chi connectivity index (χ0n) is 5.12. The van der Waals surface area contributed by atoms with Crippen LogP contribution < -0.4 is 0 Å². The van der Waals surface area contributed by atoms with Gasteiger partial charge >= 0.3 is 5.69 Å². The fourth-order valence-corrected chi connectivity index (χ4v) is 1.16. The van der Waals surface area contributed by atoms with E-state index in [1.807, 2.05) is 0 Å². The van der Waals surface area contributed by atoms with E-state index < -0.39 is 4.92 Å². The Morgan fingerprint density at radius 3 is 2.73 bits per heavy atom. The quantitative estimate of drug-likeness (QED) is 0.451. The molecule has 0 fully saturated rings. The molecule has 0 spiro atoms. The largest absolute Gasteiger partial charge is 0.302 e. The van der Waals surface area contributed by atoms with Crippen LogP contribution >= 0.6 is 34.2 Å². The molecule has 11 heavy (non-hydrogen) atoms. The Morgan fingerprint density at radius 2 is 2.27 bits per heavy atom. The van der Waals surface area contributed by atoms with Crippen molar-refractivity contribution in [3.63, 3.8) is 0 Å². The first-order valence-electron chi connectivity index (χ1n) is 2.56. The van der Waals surface area contributed by atoms with E-state index in [1.54, 1.807) is 22.6 Å². The minimum Gasteiger partial charge on any atom is -0.258 e. The van der Waals surface area contributed by atoms with E-state index in [0.29, 0.717) is 8.59 Å². The minimum absolute atomic E-state index is 0.0573. The molecular formula is C5H2ClIN2O2.